The van der Waals surface area contributed by atoms with Crippen LogP contribution in [0.1, 0.15) is 6.42 Å². The number of fused-ring (bicyclic) bond motifs is 1. The summed E-state index contributed by atoms with van der Waals surface area (Å²) in [6.45, 7) is 0. The van der Waals surface area contributed by atoms with Crippen LogP contribution in [-0.2, 0) is 0 Å². The van der Waals surface area contributed by atoms with Crippen molar-refractivity contribution in [2.24, 2.45) is 0 Å². The van der Waals surface area contributed by atoms with E-state index in [1.54, 1.807) is 11.3 Å². The lowest BCUT2D eigenvalue weighted by Gasteiger charge is -2.12. The normalized spacial score (nSPS) is 20.9. The number of anilines is 1. The van der Waals surface area contributed by atoms with E-state index >= 15 is 0 Å². The van der Waals surface area contributed by atoms with Crippen LogP contribution in [0.25, 0.3) is 10.2 Å². The highest BCUT2D eigenvalue weighted by molar-refractivity contribution is 7.99. The van der Waals surface area contributed by atoms with Crippen LogP contribution in [0.3, 0.4) is 0 Å². The standard InChI is InChI=1S/C11H12N2S2/c1-2-11-10(12-7-15-11)5-8(1)13-9-3-4-14-6-9/h1-2,5,7,9,13H,3-4,6H2/t9-/m1/s1. The monoisotopic (exact) mass is 236 g/mol. The van der Waals surface area contributed by atoms with E-state index in [0.717, 1.165) is 5.52 Å². The summed E-state index contributed by atoms with van der Waals surface area (Å²) in [7, 11) is 0. The predicted octanol–water partition coefficient (Wildman–Crippen LogP) is 3.21. The molecule has 4 heteroatoms. The summed E-state index contributed by atoms with van der Waals surface area (Å²) in [5.74, 6) is 2.52. The largest absolute Gasteiger partial charge is 0.381 e. The minimum atomic E-state index is 0.645. The van der Waals surface area contributed by atoms with E-state index < -0.39 is 0 Å². The van der Waals surface area contributed by atoms with Gasteiger partial charge in [-0.15, -0.1) is 11.3 Å². The fourth-order valence-corrected chi connectivity index (χ4v) is 3.64. The molecule has 2 nitrogen and oxygen atoms in total. The molecule has 1 aliphatic heterocycles. The number of nitrogens with zero attached hydrogens (tertiary/aromatic N) is 1. The van der Waals surface area contributed by atoms with Gasteiger partial charge in [0.2, 0.25) is 0 Å². The van der Waals surface area contributed by atoms with Crippen LogP contribution in [0, 0.1) is 0 Å². The Morgan fingerprint density at radius 1 is 1.40 bits per heavy atom. The van der Waals surface area contributed by atoms with Crippen molar-refractivity contribution >= 4 is 39.0 Å². The molecule has 0 amide bonds. The number of hydrogen-bond acceptors (Lipinski definition) is 4. The van der Waals surface area contributed by atoms with Gasteiger partial charge in [0.1, 0.15) is 0 Å². The zero-order valence-corrected chi connectivity index (χ0v) is 9.90. The van der Waals surface area contributed by atoms with E-state index in [9.17, 15) is 0 Å². The Morgan fingerprint density at radius 3 is 3.27 bits per heavy atom. The Balaban J connectivity index is 1.84. The molecule has 15 heavy (non-hydrogen) atoms. The molecule has 78 valence electrons. The maximum Gasteiger partial charge on any atom is 0.0832 e. The number of hydrogen-bond donors (Lipinski definition) is 1. The molecule has 0 saturated carbocycles. The van der Waals surface area contributed by atoms with Crippen molar-refractivity contribution in [3.8, 4) is 0 Å². The molecule has 0 unspecified atom stereocenters. The molecule has 1 aliphatic rings. The summed E-state index contributed by atoms with van der Waals surface area (Å²) in [5.41, 5.74) is 4.22. The summed E-state index contributed by atoms with van der Waals surface area (Å²) in [6, 6.07) is 7.10. The molecule has 1 fully saturated rings. The third-order valence-corrected chi connectivity index (χ3v) is 4.60. The SMILES string of the molecule is c1nc2cc(N[C@@H]3CCSC3)ccc2s1. The van der Waals surface area contributed by atoms with Crippen LogP contribution < -0.4 is 5.32 Å². The molecule has 3 rings (SSSR count). The van der Waals surface area contributed by atoms with Crippen molar-refractivity contribution in [3.63, 3.8) is 0 Å². The molecule has 1 aromatic carbocycles. The van der Waals surface area contributed by atoms with Gasteiger partial charge in [0, 0.05) is 17.5 Å². The van der Waals surface area contributed by atoms with Gasteiger partial charge in [-0.1, -0.05) is 0 Å². The second-order valence-electron chi connectivity index (χ2n) is 3.74. The first kappa shape index (κ1) is 9.48. The number of nitrogens with one attached hydrogen (secondary N) is 1. The molecule has 0 aliphatic carbocycles. The summed E-state index contributed by atoms with van der Waals surface area (Å²) < 4.78 is 1.27. The van der Waals surface area contributed by atoms with Gasteiger partial charge in [0.15, 0.2) is 0 Å². The van der Waals surface area contributed by atoms with Crippen molar-refractivity contribution in [2.75, 3.05) is 16.8 Å². The predicted molar refractivity (Wildman–Crippen MR) is 69.0 cm³/mol. The molecule has 0 spiro atoms. The van der Waals surface area contributed by atoms with E-state index in [0.29, 0.717) is 6.04 Å². The molecular weight excluding hydrogens is 224 g/mol. The van der Waals surface area contributed by atoms with Crippen molar-refractivity contribution in [1.82, 2.24) is 4.98 Å². The highest BCUT2D eigenvalue weighted by atomic mass is 32.2. The van der Waals surface area contributed by atoms with E-state index in [-0.39, 0.29) is 0 Å². The van der Waals surface area contributed by atoms with E-state index in [1.165, 1.54) is 28.3 Å². The third kappa shape index (κ3) is 1.96. The smallest absolute Gasteiger partial charge is 0.0832 e. The zero-order valence-electron chi connectivity index (χ0n) is 8.27. The van der Waals surface area contributed by atoms with Gasteiger partial charge in [-0.25, -0.2) is 4.98 Å². The van der Waals surface area contributed by atoms with Gasteiger partial charge >= 0.3 is 0 Å². The first-order valence-corrected chi connectivity index (χ1v) is 7.13. The summed E-state index contributed by atoms with van der Waals surface area (Å²) in [6.07, 6.45) is 1.28. The molecule has 2 heterocycles. The molecular formula is C11H12N2S2. The van der Waals surface area contributed by atoms with Gasteiger partial charge in [-0.05, 0) is 30.4 Å². The molecule has 1 saturated heterocycles. The lowest BCUT2D eigenvalue weighted by Crippen LogP contribution is -2.17. The number of benzene rings is 1. The van der Waals surface area contributed by atoms with Crippen LogP contribution in [0.2, 0.25) is 0 Å². The van der Waals surface area contributed by atoms with E-state index in [4.69, 9.17) is 0 Å². The Bertz CT molecular complexity index is 460. The Kier molecular flexibility index (Phi) is 2.54. The van der Waals surface area contributed by atoms with E-state index in [2.05, 4.69) is 28.5 Å². The van der Waals surface area contributed by atoms with Gasteiger partial charge < -0.3 is 5.32 Å². The lowest BCUT2D eigenvalue weighted by atomic mass is 10.2. The molecule has 0 radical (unpaired) electrons. The summed E-state index contributed by atoms with van der Waals surface area (Å²) in [4.78, 5) is 4.33. The van der Waals surface area contributed by atoms with Crippen LogP contribution in [0.5, 0.6) is 0 Å². The van der Waals surface area contributed by atoms with Gasteiger partial charge in [0.25, 0.3) is 0 Å². The van der Waals surface area contributed by atoms with Crippen LogP contribution in [-0.4, -0.2) is 22.5 Å². The number of aromatic nitrogens is 1. The van der Waals surface area contributed by atoms with Crippen LogP contribution in [0.4, 0.5) is 5.69 Å². The van der Waals surface area contributed by atoms with Gasteiger partial charge in [0.05, 0.1) is 15.7 Å². The van der Waals surface area contributed by atoms with Crippen molar-refractivity contribution in [1.29, 1.82) is 0 Å². The average molecular weight is 236 g/mol. The van der Waals surface area contributed by atoms with Crippen molar-refractivity contribution in [2.45, 2.75) is 12.5 Å². The third-order valence-electron chi connectivity index (χ3n) is 2.63. The molecule has 0 bridgehead atoms. The highest BCUT2D eigenvalue weighted by Gasteiger charge is 2.14. The summed E-state index contributed by atoms with van der Waals surface area (Å²) in [5, 5.41) is 3.57. The second kappa shape index (κ2) is 4.02. The quantitative estimate of drug-likeness (QED) is 0.866. The molecule has 1 aromatic heterocycles. The maximum atomic E-state index is 4.33. The Labute approximate surface area is 97.1 Å². The number of thiazole rings is 1. The second-order valence-corrected chi connectivity index (χ2v) is 5.78. The topological polar surface area (TPSA) is 24.9 Å². The molecule has 2 aromatic rings. The zero-order chi connectivity index (χ0) is 10.1. The van der Waals surface area contributed by atoms with Crippen LogP contribution in [0.15, 0.2) is 23.7 Å². The Hall–Kier alpha value is -0.740. The molecule has 1 atom stereocenters. The molecule has 1 N–H and O–H groups in total. The lowest BCUT2D eigenvalue weighted by molar-refractivity contribution is 0.813. The van der Waals surface area contributed by atoms with Crippen molar-refractivity contribution < 1.29 is 0 Å². The highest BCUT2D eigenvalue weighted by Crippen LogP contribution is 2.25. The fraction of sp³-hybridized carbons (Fsp3) is 0.364. The maximum absolute atomic E-state index is 4.33. The van der Waals surface area contributed by atoms with Crippen molar-refractivity contribution in [3.05, 3.63) is 23.7 Å². The minimum Gasteiger partial charge on any atom is -0.381 e. The van der Waals surface area contributed by atoms with Gasteiger partial charge in [-0.3, -0.25) is 0 Å². The first-order chi connectivity index (χ1) is 7.42. The van der Waals surface area contributed by atoms with Crippen LogP contribution >= 0.6 is 23.1 Å². The number of rotatable bonds is 2. The minimum absolute atomic E-state index is 0.645. The fourth-order valence-electron chi connectivity index (χ4n) is 1.83. The van der Waals surface area contributed by atoms with E-state index in [1.807, 2.05) is 17.3 Å². The Morgan fingerprint density at radius 2 is 2.40 bits per heavy atom. The average Bonchev–Trinajstić information content (AvgIpc) is 2.87. The number of thioether (sulfide) groups is 1. The first-order valence-electron chi connectivity index (χ1n) is 5.09. The summed E-state index contributed by atoms with van der Waals surface area (Å²) >= 11 is 3.73. The van der Waals surface area contributed by atoms with Gasteiger partial charge in [-0.2, -0.15) is 11.8 Å².